The predicted octanol–water partition coefficient (Wildman–Crippen LogP) is 3.13. The van der Waals surface area contributed by atoms with E-state index in [1.807, 2.05) is 25.1 Å². The number of aromatic nitrogens is 1. The van der Waals surface area contributed by atoms with E-state index in [9.17, 15) is 0 Å². The van der Waals surface area contributed by atoms with E-state index in [1.54, 1.807) is 18.4 Å². The Morgan fingerprint density at radius 1 is 1.26 bits per heavy atom. The van der Waals surface area contributed by atoms with Gasteiger partial charge in [0.2, 0.25) is 0 Å². The number of hydrogen-bond donors (Lipinski definition) is 2. The average Bonchev–Trinajstić information content (AvgIpc) is 3.04. The van der Waals surface area contributed by atoms with Crippen LogP contribution in [0.4, 0.5) is 0 Å². The predicted molar refractivity (Wildman–Crippen MR) is 108 cm³/mol. The SMILES string of the molecule is CCOCCNC(=NC)NCc1nc(-c2ccccc2)cs1.I. The first-order chi connectivity index (χ1) is 10.8. The van der Waals surface area contributed by atoms with Crippen LogP contribution in [-0.4, -0.2) is 37.7 Å². The highest BCUT2D eigenvalue weighted by molar-refractivity contribution is 14.0. The van der Waals surface area contributed by atoms with E-state index in [1.165, 1.54) is 0 Å². The van der Waals surface area contributed by atoms with Gasteiger partial charge in [-0.15, -0.1) is 35.3 Å². The summed E-state index contributed by atoms with van der Waals surface area (Å²) in [7, 11) is 1.76. The van der Waals surface area contributed by atoms with Crippen LogP contribution in [0.3, 0.4) is 0 Å². The molecular formula is C16H23IN4OS. The molecule has 0 aliphatic carbocycles. The molecule has 7 heteroatoms. The first-order valence-corrected chi connectivity index (χ1v) is 8.23. The fourth-order valence-electron chi connectivity index (χ4n) is 1.90. The van der Waals surface area contributed by atoms with Crippen molar-refractivity contribution in [3.05, 3.63) is 40.7 Å². The smallest absolute Gasteiger partial charge is 0.191 e. The second-order valence-corrected chi connectivity index (χ2v) is 5.48. The van der Waals surface area contributed by atoms with Crippen molar-refractivity contribution in [2.75, 3.05) is 26.8 Å². The van der Waals surface area contributed by atoms with Crippen molar-refractivity contribution >= 4 is 41.3 Å². The Balaban J connectivity index is 0.00000264. The van der Waals surface area contributed by atoms with Crippen LogP contribution in [0.25, 0.3) is 11.3 Å². The van der Waals surface area contributed by atoms with Crippen molar-refractivity contribution in [3.8, 4) is 11.3 Å². The maximum Gasteiger partial charge on any atom is 0.191 e. The highest BCUT2D eigenvalue weighted by Gasteiger charge is 2.05. The van der Waals surface area contributed by atoms with Gasteiger partial charge in [-0.25, -0.2) is 4.98 Å². The molecule has 0 amide bonds. The Kier molecular flexibility index (Phi) is 9.81. The topological polar surface area (TPSA) is 58.5 Å². The van der Waals surface area contributed by atoms with Crippen molar-refractivity contribution in [1.82, 2.24) is 15.6 Å². The van der Waals surface area contributed by atoms with E-state index in [4.69, 9.17) is 4.74 Å². The van der Waals surface area contributed by atoms with E-state index in [-0.39, 0.29) is 24.0 Å². The molecule has 0 aliphatic heterocycles. The number of nitrogens with one attached hydrogen (secondary N) is 2. The number of nitrogens with zero attached hydrogens (tertiary/aromatic N) is 2. The summed E-state index contributed by atoms with van der Waals surface area (Å²) >= 11 is 1.65. The number of benzene rings is 1. The lowest BCUT2D eigenvalue weighted by Gasteiger charge is -2.10. The van der Waals surface area contributed by atoms with Gasteiger partial charge < -0.3 is 15.4 Å². The molecular weight excluding hydrogens is 423 g/mol. The monoisotopic (exact) mass is 446 g/mol. The van der Waals surface area contributed by atoms with Gasteiger partial charge in [0.15, 0.2) is 5.96 Å². The lowest BCUT2D eigenvalue weighted by Crippen LogP contribution is -2.38. The van der Waals surface area contributed by atoms with Crippen LogP contribution >= 0.6 is 35.3 Å². The molecule has 2 aromatic rings. The number of thiazole rings is 1. The van der Waals surface area contributed by atoms with Crippen LogP contribution in [0.1, 0.15) is 11.9 Å². The second kappa shape index (κ2) is 11.4. The fourth-order valence-corrected chi connectivity index (χ4v) is 2.64. The van der Waals surface area contributed by atoms with Gasteiger partial charge in [-0.1, -0.05) is 30.3 Å². The molecule has 0 atom stereocenters. The minimum atomic E-state index is 0. The summed E-state index contributed by atoms with van der Waals surface area (Å²) in [4.78, 5) is 8.83. The van der Waals surface area contributed by atoms with Gasteiger partial charge in [-0.05, 0) is 6.92 Å². The van der Waals surface area contributed by atoms with E-state index < -0.39 is 0 Å². The van der Waals surface area contributed by atoms with Gasteiger partial charge in [0.1, 0.15) is 5.01 Å². The lowest BCUT2D eigenvalue weighted by atomic mass is 10.2. The molecule has 0 unspecified atom stereocenters. The van der Waals surface area contributed by atoms with E-state index in [0.29, 0.717) is 13.2 Å². The lowest BCUT2D eigenvalue weighted by molar-refractivity contribution is 0.152. The highest BCUT2D eigenvalue weighted by Crippen LogP contribution is 2.21. The summed E-state index contributed by atoms with van der Waals surface area (Å²) in [6.07, 6.45) is 0. The largest absolute Gasteiger partial charge is 0.380 e. The summed E-state index contributed by atoms with van der Waals surface area (Å²) in [6, 6.07) is 10.2. The summed E-state index contributed by atoms with van der Waals surface area (Å²) in [5.74, 6) is 0.760. The third kappa shape index (κ3) is 6.84. The zero-order chi connectivity index (χ0) is 15.6. The number of rotatable bonds is 7. The molecule has 23 heavy (non-hydrogen) atoms. The third-order valence-corrected chi connectivity index (χ3v) is 3.84. The highest BCUT2D eigenvalue weighted by atomic mass is 127. The zero-order valence-electron chi connectivity index (χ0n) is 13.4. The molecule has 1 aromatic carbocycles. The molecule has 2 N–H and O–H groups in total. The molecule has 1 heterocycles. The van der Waals surface area contributed by atoms with Gasteiger partial charge >= 0.3 is 0 Å². The maximum absolute atomic E-state index is 5.29. The van der Waals surface area contributed by atoms with E-state index in [0.717, 1.165) is 35.4 Å². The average molecular weight is 446 g/mol. The molecule has 2 rings (SSSR count). The van der Waals surface area contributed by atoms with Crippen LogP contribution in [0, 0.1) is 0 Å². The normalized spacial score (nSPS) is 11.0. The van der Waals surface area contributed by atoms with Crippen molar-refractivity contribution in [3.63, 3.8) is 0 Å². The molecule has 0 spiro atoms. The Labute approximate surface area is 158 Å². The van der Waals surface area contributed by atoms with Crippen LogP contribution < -0.4 is 10.6 Å². The van der Waals surface area contributed by atoms with Crippen molar-refractivity contribution in [2.24, 2.45) is 4.99 Å². The molecule has 0 bridgehead atoms. The summed E-state index contributed by atoms with van der Waals surface area (Å²) in [5.41, 5.74) is 2.16. The first kappa shape index (κ1) is 19.9. The Bertz CT molecular complexity index is 589. The molecule has 5 nitrogen and oxygen atoms in total. The summed E-state index contributed by atoms with van der Waals surface area (Å²) in [5, 5.41) is 9.58. The van der Waals surface area contributed by atoms with Gasteiger partial charge in [0, 0.05) is 31.1 Å². The summed E-state index contributed by atoms with van der Waals surface area (Å²) < 4.78 is 5.29. The minimum absolute atomic E-state index is 0. The molecule has 0 saturated heterocycles. The van der Waals surface area contributed by atoms with Crippen LogP contribution in [0.5, 0.6) is 0 Å². The molecule has 0 radical (unpaired) electrons. The van der Waals surface area contributed by atoms with Crippen molar-refractivity contribution in [1.29, 1.82) is 0 Å². The van der Waals surface area contributed by atoms with E-state index in [2.05, 4.69) is 38.1 Å². The first-order valence-electron chi connectivity index (χ1n) is 7.35. The molecule has 0 fully saturated rings. The van der Waals surface area contributed by atoms with E-state index >= 15 is 0 Å². The number of aliphatic imine (C=N–C) groups is 1. The fraction of sp³-hybridized carbons (Fsp3) is 0.375. The Morgan fingerprint density at radius 3 is 2.74 bits per heavy atom. The van der Waals surface area contributed by atoms with Gasteiger partial charge in [0.05, 0.1) is 18.8 Å². The molecule has 0 saturated carbocycles. The zero-order valence-corrected chi connectivity index (χ0v) is 16.6. The van der Waals surface area contributed by atoms with Crippen molar-refractivity contribution in [2.45, 2.75) is 13.5 Å². The van der Waals surface area contributed by atoms with Crippen LogP contribution in [-0.2, 0) is 11.3 Å². The van der Waals surface area contributed by atoms with Crippen LogP contribution in [0.2, 0.25) is 0 Å². The van der Waals surface area contributed by atoms with Crippen LogP contribution in [0.15, 0.2) is 40.7 Å². The van der Waals surface area contributed by atoms with Gasteiger partial charge in [0.25, 0.3) is 0 Å². The number of halogens is 1. The quantitative estimate of drug-likeness (QED) is 0.297. The van der Waals surface area contributed by atoms with Crippen molar-refractivity contribution < 1.29 is 4.74 Å². The van der Waals surface area contributed by atoms with Gasteiger partial charge in [-0.2, -0.15) is 0 Å². The molecule has 126 valence electrons. The standard InChI is InChI=1S/C16H22N4OS.HI/c1-3-21-10-9-18-16(17-2)19-11-15-20-14(12-22-15)13-7-5-4-6-8-13;/h4-8,12H,3,9-11H2,1-2H3,(H2,17,18,19);1H. The Hall–Kier alpha value is -1.19. The minimum Gasteiger partial charge on any atom is -0.380 e. The number of ether oxygens (including phenoxy) is 1. The second-order valence-electron chi connectivity index (χ2n) is 4.54. The maximum atomic E-state index is 5.29. The molecule has 0 aliphatic rings. The third-order valence-electron chi connectivity index (χ3n) is 2.99. The Morgan fingerprint density at radius 2 is 2.04 bits per heavy atom. The van der Waals surface area contributed by atoms with Gasteiger partial charge in [-0.3, -0.25) is 4.99 Å². The molecule has 1 aromatic heterocycles. The number of guanidine groups is 1. The summed E-state index contributed by atoms with van der Waals surface area (Å²) in [6.45, 7) is 4.79. The number of hydrogen-bond acceptors (Lipinski definition) is 4.